The lowest BCUT2D eigenvalue weighted by Gasteiger charge is -2.17. The van der Waals surface area contributed by atoms with Crippen LogP contribution >= 0.6 is 22.9 Å². The lowest BCUT2D eigenvalue weighted by molar-refractivity contribution is 0.628. The molecule has 0 bridgehead atoms. The van der Waals surface area contributed by atoms with E-state index in [4.69, 9.17) is 16.6 Å². The van der Waals surface area contributed by atoms with E-state index < -0.39 is 0 Å². The molecular formula is C17H19ClN2S. The fraction of sp³-hybridized carbons (Fsp3) is 0.353. The SMILES string of the molecule is Cc1ccc2nc(C(C)Cl)n(C(C)c3ccc(C)s3)c2c1. The first-order valence-corrected chi connectivity index (χ1v) is 8.41. The second-order valence-corrected chi connectivity index (χ2v) is 7.55. The van der Waals surface area contributed by atoms with Gasteiger partial charge in [-0.3, -0.25) is 0 Å². The van der Waals surface area contributed by atoms with Crippen LogP contribution < -0.4 is 0 Å². The summed E-state index contributed by atoms with van der Waals surface area (Å²) in [5.74, 6) is 0.941. The monoisotopic (exact) mass is 318 g/mol. The largest absolute Gasteiger partial charge is 0.319 e. The molecule has 3 rings (SSSR count). The molecule has 110 valence electrons. The van der Waals surface area contributed by atoms with E-state index in [1.54, 1.807) is 0 Å². The van der Waals surface area contributed by atoms with Gasteiger partial charge in [0.15, 0.2) is 0 Å². The van der Waals surface area contributed by atoms with Gasteiger partial charge in [-0.15, -0.1) is 22.9 Å². The molecule has 2 nitrogen and oxygen atoms in total. The van der Waals surface area contributed by atoms with Crippen molar-refractivity contribution in [1.29, 1.82) is 0 Å². The molecule has 0 saturated heterocycles. The van der Waals surface area contributed by atoms with Crippen LogP contribution in [0.5, 0.6) is 0 Å². The van der Waals surface area contributed by atoms with E-state index in [-0.39, 0.29) is 11.4 Å². The third-order valence-corrected chi connectivity index (χ3v) is 5.15. The predicted octanol–water partition coefficient (Wildman–Crippen LogP) is 5.62. The Morgan fingerprint density at radius 1 is 1.14 bits per heavy atom. The number of alkyl halides is 1. The van der Waals surface area contributed by atoms with Crippen molar-refractivity contribution in [2.75, 3.05) is 0 Å². The van der Waals surface area contributed by atoms with Crippen molar-refractivity contribution in [3.63, 3.8) is 0 Å². The smallest absolute Gasteiger partial charge is 0.128 e. The predicted molar refractivity (Wildman–Crippen MR) is 91.6 cm³/mol. The molecule has 1 aromatic carbocycles. The molecule has 2 atom stereocenters. The van der Waals surface area contributed by atoms with Crippen LogP contribution in [0.15, 0.2) is 30.3 Å². The maximum absolute atomic E-state index is 6.38. The highest BCUT2D eigenvalue weighted by Gasteiger charge is 2.21. The van der Waals surface area contributed by atoms with Gasteiger partial charge in [-0.2, -0.15) is 0 Å². The molecule has 3 aromatic rings. The molecule has 2 aromatic heterocycles. The van der Waals surface area contributed by atoms with Gasteiger partial charge in [0.1, 0.15) is 5.82 Å². The van der Waals surface area contributed by atoms with Crippen LogP contribution in [0.25, 0.3) is 11.0 Å². The van der Waals surface area contributed by atoms with Crippen molar-refractivity contribution in [2.45, 2.75) is 39.1 Å². The van der Waals surface area contributed by atoms with Gasteiger partial charge in [-0.1, -0.05) is 6.07 Å². The van der Waals surface area contributed by atoms with Gasteiger partial charge >= 0.3 is 0 Å². The van der Waals surface area contributed by atoms with Gasteiger partial charge in [-0.25, -0.2) is 4.98 Å². The first kappa shape index (κ1) is 14.6. The summed E-state index contributed by atoms with van der Waals surface area (Å²) in [5, 5.41) is -0.110. The summed E-state index contributed by atoms with van der Waals surface area (Å²) in [6.07, 6.45) is 0. The van der Waals surface area contributed by atoms with Crippen LogP contribution in [0.3, 0.4) is 0 Å². The molecule has 21 heavy (non-hydrogen) atoms. The van der Waals surface area contributed by atoms with E-state index in [9.17, 15) is 0 Å². The van der Waals surface area contributed by atoms with E-state index in [2.05, 4.69) is 55.7 Å². The quantitative estimate of drug-likeness (QED) is 0.573. The van der Waals surface area contributed by atoms with Crippen molar-refractivity contribution >= 4 is 34.0 Å². The Labute approximate surface area is 134 Å². The minimum atomic E-state index is -0.110. The average Bonchev–Trinajstić information content (AvgIpc) is 3.01. The molecular weight excluding hydrogens is 300 g/mol. The van der Waals surface area contributed by atoms with Crippen LogP contribution in [0.2, 0.25) is 0 Å². The number of aryl methyl sites for hydroxylation is 2. The van der Waals surface area contributed by atoms with E-state index in [1.807, 2.05) is 18.3 Å². The Morgan fingerprint density at radius 3 is 2.52 bits per heavy atom. The standard InChI is InChI=1S/C17H19ClN2S/c1-10-5-7-14-15(9-10)20(17(19-14)12(3)18)13(4)16-8-6-11(2)21-16/h5-9,12-13H,1-4H3. The average molecular weight is 319 g/mol. The topological polar surface area (TPSA) is 17.8 Å². The Hall–Kier alpha value is -1.32. The zero-order valence-electron chi connectivity index (χ0n) is 12.7. The summed E-state index contributed by atoms with van der Waals surface area (Å²) >= 11 is 8.21. The molecule has 0 aliphatic heterocycles. The zero-order chi connectivity index (χ0) is 15.1. The molecule has 2 unspecified atom stereocenters. The molecule has 0 aliphatic rings. The maximum Gasteiger partial charge on any atom is 0.128 e. The van der Waals surface area contributed by atoms with E-state index >= 15 is 0 Å². The van der Waals surface area contributed by atoms with Crippen molar-refractivity contribution in [2.24, 2.45) is 0 Å². The first-order chi connectivity index (χ1) is 9.97. The third-order valence-electron chi connectivity index (χ3n) is 3.79. The maximum atomic E-state index is 6.38. The van der Waals surface area contributed by atoms with Gasteiger partial charge in [0, 0.05) is 9.75 Å². The number of nitrogens with zero attached hydrogens (tertiary/aromatic N) is 2. The van der Waals surface area contributed by atoms with Gasteiger partial charge in [0.25, 0.3) is 0 Å². The number of imidazole rings is 1. The van der Waals surface area contributed by atoms with Gasteiger partial charge in [0.05, 0.1) is 22.5 Å². The van der Waals surface area contributed by atoms with E-state index in [0.717, 1.165) is 16.9 Å². The van der Waals surface area contributed by atoms with Gasteiger partial charge < -0.3 is 4.57 Å². The Balaban J connectivity index is 2.23. The molecule has 0 radical (unpaired) electrons. The fourth-order valence-corrected chi connectivity index (χ4v) is 3.79. The van der Waals surface area contributed by atoms with Crippen LogP contribution in [0, 0.1) is 13.8 Å². The second kappa shape index (κ2) is 5.47. The summed E-state index contributed by atoms with van der Waals surface area (Å²) in [6.45, 7) is 8.46. The third kappa shape index (κ3) is 2.60. The van der Waals surface area contributed by atoms with Gasteiger partial charge in [0.2, 0.25) is 0 Å². The summed E-state index contributed by atoms with van der Waals surface area (Å²) in [4.78, 5) is 7.41. The summed E-state index contributed by atoms with van der Waals surface area (Å²) < 4.78 is 2.28. The molecule has 0 saturated carbocycles. The van der Waals surface area contributed by atoms with Crippen molar-refractivity contribution < 1.29 is 0 Å². The highest BCUT2D eigenvalue weighted by atomic mass is 35.5. The molecule has 0 aliphatic carbocycles. The van der Waals surface area contributed by atoms with Crippen LogP contribution in [-0.4, -0.2) is 9.55 Å². The first-order valence-electron chi connectivity index (χ1n) is 7.16. The number of hydrogen-bond acceptors (Lipinski definition) is 2. The number of thiophene rings is 1. The highest BCUT2D eigenvalue weighted by Crippen LogP contribution is 2.33. The lowest BCUT2D eigenvalue weighted by atomic mass is 10.2. The number of hydrogen-bond donors (Lipinski definition) is 0. The molecule has 0 amide bonds. The molecule has 0 spiro atoms. The Morgan fingerprint density at radius 2 is 1.90 bits per heavy atom. The summed E-state index contributed by atoms with van der Waals surface area (Å²) in [5.41, 5.74) is 3.42. The van der Waals surface area contributed by atoms with Crippen molar-refractivity contribution in [3.05, 3.63) is 51.5 Å². The second-order valence-electron chi connectivity index (χ2n) is 5.57. The van der Waals surface area contributed by atoms with E-state index in [0.29, 0.717) is 0 Å². The number of rotatable bonds is 3. The molecule has 2 heterocycles. The zero-order valence-corrected chi connectivity index (χ0v) is 14.3. The van der Waals surface area contributed by atoms with Crippen LogP contribution in [0.1, 0.15) is 46.4 Å². The fourth-order valence-electron chi connectivity index (χ4n) is 2.71. The number of halogens is 1. The summed E-state index contributed by atoms with van der Waals surface area (Å²) in [7, 11) is 0. The van der Waals surface area contributed by atoms with Gasteiger partial charge in [-0.05, 0) is 57.5 Å². The minimum Gasteiger partial charge on any atom is -0.319 e. The minimum absolute atomic E-state index is 0.110. The number of benzene rings is 1. The normalized spacial score (nSPS) is 14.5. The van der Waals surface area contributed by atoms with Crippen molar-refractivity contribution in [3.8, 4) is 0 Å². The van der Waals surface area contributed by atoms with E-state index in [1.165, 1.54) is 15.3 Å². The molecule has 0 fully saturated rings. The lowest BCUT2D eigenvalue weighted by Crippen LogP contribution is -2.10. The van der Waals surface area contributed by atoms with Crippen LogP contribution in [0.4, 0.5) is 0 Å². The molecule has 0 N–H and O–H groups in total. The Bertz CT molecular complexity index is 785. The Kier molecular flexibility index (Phi) is 3.80. The highest BCUT2D eigenvalue weighted by molar-refractivity contribution is 7.12. The molecule has 4 heteroatoms. The number of fused-ring (bicyclic) bond motifs is 1. The van der Waals surface area contributed by atoms with Crippen LogP contribution in [-0.2, 0) is 0 Å². The number of aromatic nitrogens is 2. The summed E-state index contributed by atoms with van der Waals surface area (Å²) in [6, 6.07) is 11.0. The van der Waals surface area contributed by atoms with Crippen molar-refractivity contribution in [1.82, 2.24) is 9.55 Å².